The van der Waals surface area contributed by atoms with Gasteiger partial charge in [-0.05, 0) is 23.4 Å². The van der Waals surface area contributed by atoms with E-state index in [1.54, 1.807) is 0 Å². The lowest BCUT2D eigenvalue weighted by atomic mass is 10.2. The molecule has 0 aliphatic carbocycles. The highest BCUT2D eigenvalue weighted by Gasteiger charge is 2.09. The zero-order valence-electron chi connectivity index (χ0n) is 13.2. The van der Waals surface area contributed by atoms with E-state index in [4.69, 9.17) is 4.74 Å². The van der Waals surface area contributed by atoms with Gasteiger partial charge in [0.1, 0.15) is 6.54 Å². The minimum absolute atomic E-state index is 0.121. The molecule has 2 N–H and O–H groups in total. The van der Waals surface area contributed by atoms with Crippen LogP contribution in [0.1, 0.15) is 13.8 Å². The molecule has 0 aliphatic heterocycles. The average Bonchev–Trinajstić information content (AvgIpc) is 2.88. The van der Waals surface area contributed by atoms with E-state index in [9.17, 15) is 9.90 Å². The highest BCUT2D eigenvalue weighted by molar-refractivity contribution is 5.83. The Kier molecular flexibility index (Phi) is 5.98. The minimum atomic E-state index is -0.677. The third kappa shape index (κ3) is 4.86. The normalized spacial score (nSPS) is 12.7. The first-order valence-electron chi connectivity index (χ1n) is 7.62. The topological polar surface area (TPSA) is 63.5 Å². The van der Waals surface area contributed by atoms with Gasteiger partial charge in [-0.15, -0.1) is 0 Å². The van der Waals surface area contributed by atoms with Gasteiger partial charge >= 0.3 is 0 Å². The first-order valence-corrected chi connectivity index (χ1v) is 7.62. The molecular weight excluding hydrogens is 280 g/mol. The van der Waals surface area contributed by atoms with Crippen LogP contribution in [0.25, 0.3) is 10.9 Å². The molecule has 1 heterocycles. The van der Waals surface area contributed by atoms with Crippen LogP contribution in [0, 0.1) is 5.92 Å². The molecule has 1 aromatic carbocycles. The molecule has 1 aromatic heterocycles. The summed E-state index contributed by atoms with van der Waals surface area (Å²) in [5, 5.41) is 13.6. The van der Waals surface area contributed by atoms with Gasteiger partial charge in [-0.1, -0.05) is 32.0 Å². The monoisotopic (exact) mass is 304 g/mol. The first-order chi connectivity index (χ1) is 10.6. The number of carbonyl (C=O) groups excluding carboxylic acids is 1. The van der Waals surface area contributed by atoms with E-state index in [1.807, 2.05) is 41.1 Å². The molecule has 0 aliphatic rings. The van der Waals surface area contributed by atoms with Gasteiger partial charge < -0.3 is 19.7 Å². The molecule has 0 saturated heterocycles. The van der Waals surface area contributed by atoms with Gasteiger partial charge in [0.15, 0.2) is 0 Å². The maximum absolute atomic E-state index is 12.0. The number of hydrogen-bond donors (Lipinski definition) is 2. The van der Waals surface area contributed by atoms with Crippen molar-refractivity contribution < 1.29 is 14.6 Å². The van der Waals surface area contributed by atoms with Gasteiger partial charge in [0, 0.05) is 24.9 Å². The quantitative estimate of drug-likeness (QED) is 0.781. The second kappa shape index (κ2) is 7.96. The Balaban J connectivity index is 1.76. The number of nitrogens with zero attached hydrogens (tertiary/aromatic N) is 1. The van der Waals surface area contributed by atoms with Crippen LogP contribution in [-0.2, 0) is 16.1 Å². The van der Waals surface area contributed by atoms with Crippen molar-refractivity contribution in [1.82, 2.24) is 9.88 Å². The van der Waals surface area contributed by atoms with E-state index < -0.39 is 6.10 Å². The molecule has 0 fully saturated rings. The van der Waals surface area contributed by atoms with Crippen molar-refractivity contribution in [3.05, 3.63) is 36.5 Å². The van der Waals surface area contributed by atoms with E-state index in [-0.39, 0.29) is 25.6 Å². The molecular formula is C17H24N2O3. The average molecular weight is 304 g/mol. The van der Waals surface area contributed by atoms with Crippen molar-refractivity contribution in [2.45, 2.75) is 26.5 Å². The lowest BCUT2D eigenvalue weighted by Gasteiger charge is -2.14. The highest BCUT2D eigenvalue weighted by atomic mass is 16.5. The number of fused-ring (bicyclic) bond motifs is 1. The number of carbonyl (C=O) groups is 1. The summed E-state index contributed by atoms with van der Waals surface area (Å²) in [5.74, 6) is 0.313. The summed E-state index contributed by atoms with van der Waals surface area (Å²) in [6.45, 7) is 5.40. The molecule has 1 unspecified atom stereocenters. The zero-order valence-corrected chi connectivity index (χ0v) is 13.2. The third-order valence-corrected chi connectivity index (χ3v) is 3.29. The predicted octanol–water partition coefficient (Wildman–Crippen LogP) is 1.79. The summed E-state index contributed by atoms with van der Waals surface area (Å²) in [7, 11) is 0. The summed E-state index contributed by atoms with van der Waals surface area (Å²) in [4.78, 5) is 12.0. The molecule has 2 aromatic rings. The van der Waals surface area contributed by atoms with Gasteiger partial charge in [-0.2, -0.15) is 0 Å². The molecule has 1 atom stereocenters. The van der Waals surface area contributed by atoms with Gasteiger partial charge in [-0.3, -0.25) is 4.79 Å². The van der Waals surface area contributed by atoms with Crippen LogP contribution < -0.4 is 5.32 Å². The van der Waals surface area contributed by atoms with Gasteiger partial charge in [0.2, 0.25) is 5.91 Å². The fourth-order valence-corrected chi connectivity index (χ4v) is 2.22. The van der Waals surface area contributed by atoms with Crippen LogP contribution in [0.2, 0.25) is 0 Å². The predicted molar refractivity (Wildman–Crippen MR) is 86.6 cm³/mol. The Hall–Kier alpha value is -1.85. The number of aliphatic hydroxyl groups is 1. The van der Waals surface area contributed by atoms with Gasteiger partial charge in [0.25, 0.3) is 0 Å². The number of hydrogen-bond acceptors (Lipinski definition) is 3. The van der Waals surface area contributed by atoms with E-state index in [0.29, 0.717) is 12.5 Å². The number of rotatable bonds is 8. The Bertz CT molecular complexity index is 607. The number of amides is 1. The molecule has 1 amide bonds. The van der Waals surface area contributed by atoms with E-state index in [0.717, 1.165) is 10.9 Å². The Morgan fingerprint density at radius 2 is 2.05 bits per heavy atom. The smallest absolute Gasteiger partial charge is 0.240 e. The van der Waals surface area contributed by atoms with Gasteiger partial charge in [0.05, 0.1) is 12.7 Å². The second-order valence-electron chi connectivity index (χ2n) is 5.89. The summed E-state index contributed by atoms with van der Waals surface area (Å²) in [5.41, 5.74) is 1.03. The fourth-order valence-electron chi connectivity index (χ4n) is 2.22. The van der Waals surface area contributed by atoms with E-state index in [2.05, 4.69) is 19.2 Å². The summed E-state index contributed by atoms with van der Waals surface area (Å²) in [6.07, 6.45) is 1.22. The Morgan fingerprint density at radius 1 is 1.27 bits per heavy atom. The third-order valence-electron chi connectivity index (χ3n) is 3.29. The van der Waals surface area contributed by atoms with Crippen molar-refractivity contribution in [3.63, 3.8) is 0 Å². The van der Waals surface area contributed by atoms with Crippen LogP contribution in [0.15, 0.2) is 36.5 Å². The first kappa shape index (κ1) is 16.5. The summed E-state index contributed by atoms with van der Waals surface area (Å²) in [6, 6.07) is 9.90. The molecule has 5 nitrogen and oxygen atoms in total. The molecule has 5 heteroatoms. The summed E-state index contributed by atoms with van der Waals surface area (Å²) < 4.78 is 7.24. The van der Waals surface area contributed by atoms with Crippen LogP contribution in [0.4, 0.5) is 0 Å². The fraction of sp³-hybridized carbons (Fsp3) is 0.471. The van der Waals surface area contributed by atoms with Crippen LogP contribution in [0.3, 0.4) is 0 Å². The number of benzene rings is 1. The lowest BCUT2D eigenvalue weighted by molar-refractivity contribution is -0.122. The molecule has 0 spiro atoms. The van der Waals surface area contributed by atoms with Crippen LogP contribution >= 0.6 is 0 Å². The van der Waals surface area contributed by atoms with Crippen molar-refractivity contribution in [2.75, 3.05) is 19.8 Å². The van der Waals surface area contributed by atoms with Crippen molar-refractivity contribution >= 4 is 16.8 Å². The molecule has 0 bridgehead atoms. The lowest BCUT2D eigenvalue weighted by Crippen LogP contribution is -2.36. The van der Waals surface area contributed by atoms with E-state index >= 15 is 0 Å². The number of aliphatic hydroxyl groups excluding tert-OH is 1. The van der Waals surface area contributed by atoms with Crippen molar-refractivity contribution in [1.29, 1.82) is 0 Å². The molecule has 0 radical (unpaired) electrons. The zero-order chi connectivity index (χ0) is 15.9. The standard InChI is InChI=1S/C17H24N2O3/c1-13(2)11-22-12-15(20)9-18-17(21)10-19-8-7-14-5-3-4-6-16(14)19/h3-8,13,15,20H,9-12H2,1-2H3,(H,18,21). The minimum Gasteiger partial charge on any atom is -0.389 e. The SMILES string of the molecule is CC(C)COCC(O)CNC(=O)Cn1ccc2ccccc21. The number of para-hydroxylation sites is 1. The Labute approximate surface area is 130 Å². The molecule has 2 rings (SSSR count). The van der Waals surface area contributed by atoms with Crippen LogP contribution in [-0.4, -0.2) is 41.4 Å². The molecule has 0 saturated carbocycles. The number of ether oxygens (including phenoxy) is 1. The highest BCUT2D eigenvalue weighted by Crippen LogP contribution is 2.14. The van der Waals surface area contributed by atoms with Crippen molar-refractivity contribution in [2.24, 2.45) is 5.92 Å². The van der Waals surface area contributed by atoms with Gasteiger partial charge in [-0.25, -0.2) is 0 Å². The largest absolute Gasteiger partial charge is 0.389 e. The number of nitrogens with one attached hydrogen (secondary N) is 1. The van der Waals surface area contributed by atoms with Crippen LogP contribution in [0.5, 0.6) is 0 Å². The van der Waals surface area contributed by atoms with E-state index in [1.165, 1.54) is 0 Å². The second-order valence-corrected chi connectivity index (χ2v) is 5.89. The molecule has 120 valence electrons. The maximum Gasteiger partial charge on any atom is 0.240 e. The Morgan fingerprint density at radius 3 is 2.82 bits per heavy atom. The number of aromatic nitrogens is 1. The molecule has 22 heavy (non-hydrogen) atoms. The maximum atomic E-state index is 12.0. The van der Waals surface area contributed by atoms with Crippen molar-refractivity contribution in [3.8, 4) is 0 Å². The summed E-state index contributed by atoms with van der Waals surface area (Å²) >= 11 is 0.